The molecule has 3 nitrogen and oxygen atoms in total. The van der Waals surface area contributed by atoms with Crippen molar-refractivity contribution in [3.63, 3.8) is 0 Å². The van der Waals surface area contributed by atoms with E-state index in [0.717, 1.165) is 11.3 Å². The van der Waals surface area contributed by atoms with Crippen LogP contribution in [0.5, 0.6) is 0 Å². The van der Waals surface area contributed by atoms with Gasteiger partial charge in [0, 0.05) is 18.4 Å². The molecule has 0 aliphatic heterocycles. The quantitative estimate of drug-likeness (QED) is 0.577. The molecule has 0 radical (unpaired) electrons. The third-order valence-electron chi connectivity index (χ3n) is 3.74. The molecule has 0 spiro atoms. The molecular formula is C14H24O3Si. The zero-order chi connectivity index (χ0) is 14.0. The number of ether oxygens (including phenoxy) is 1. The standard InChI is InChI=1S/C14H24O3Si/c1-14(2,3)18(5,6)17-12-9-7-11(8-10-12)13(15)16-4/h7,10H,8-9H2,1-6H3. The maximum Gasteiger partial charge on any atom is 0.333 e. The first-order valence-corrected chi connectivity index (χ1v) is 9.23. The molecule has 0 saturated heterocycles. The summed E-state index contributed by atoms with van der Waals surface area (Å²) in [6.07, 6.45) is 5.22. The Morgan fingerprint density at radius 3 is 2.22 bits per heavy atom. The third-order valence-corrected chi connectivity index (χ3v) is 8.12. The molecule has 1 rings (SSSR count). The van der Waals surface area contributed by atoms with Gasteiger partial charge in [0.15, 0.2) is 0 Å². The van der Waals surface area contributed by atoms with Crippen LogP contribution in [0.15, 0.2) is 23.5 Å². The Balaban J connectivity index is 2.65. The fourth-order valence-electron chi connectivity index (χ4n) is 1.48. The van der Waals surface area contributed by atoms with Gasteiger partial charge in [-0.05, 0) is 24.2 Å². The van der Waals surface area contributed by atoms with Crippen LogP contribution in [-0.2, 0) is 14.0 Å². The minimum atomic E-state index is -1.76. The number of rotatable bonds is 3. The van der Waals surface area contributed by atoms with E-state index >= 15 is 0 Å². The maximum atomic E-state index is 11.4. The summed E-state index contributed by atoms with van der Waals surface area (Å²) < 4.78 is 10.9. The SMILES string of the molecule is COC(=O)C1=CCC(O[Si](C)(C)C(C)(C)C)=CC1. The van der Waals surface area contributed by atoms with Crippen molar-refractivity contribution in [3.05, 3.63) is 23.5 Å². The number of carbonyl (C=O) groups excluding carboxylic acids is 1. The summed E-state index contributed by atoms with van der Waals surface area (Å²) in [5.41, 5.74) is 0.722. The van der Waals surface area contributed by atoms with E-state index in [1.165, 1.54) is 7.11 Å². The second kappa shape index (κ2) is 5.30. The Bertz CT molecular complexity index is 386. The molecule has 0 amide bonds. The van der Waals surface area contributed by atoms with E-state index in [0.29, 0.717) is 12.8 Å². The Hall–Kier alpha value is -1.03. The molecule has 102 valence electrons. The lowest BCUT2D eigenvalue weighted by atomic mass is 10.1. The van der Waals surface area contributed by atoms with Gasteiger partial charge in [0.1, 0.15) is 0 Å². The first-order valence-electron chi connectivity index (χ1n) is 6.33. The number of allylic oxidation sites excluding steroid dienone is 2. The van der Waals surface area contributed by atoms with Gasteiger partial charge in [-0.3, -0.25) is 0 Å². The van der Waals surface area contributed by atoms with Gasteiger partial charge in [0.2, 0.25) is 8.32 Å². The van der Waals surface area contributed by atoms with E-state index in [-0.39, 0.29) is 11.0 Å². The zero-order valence-electron chi connectivity index (χ0n) is 12.3. The Kier molecular flexibility index (Phi) is 4.43. The number of hydrogen-bond donors (Lipinski definition) is 0. The highest BCUT2D eigenvalue weighted by molar-refractivity contribution is 6.74. The molecule has 0 atom stereocenters. The van der Waals surface area contributed by atoms with Gasteiger partial charge in [-0.1, -0.05) is 26.8 Å². The third kappa shape index (κ3) is 3.48. The van der Waals surface area contributed by atoms with Crippen molar-refractivity contribution >= 4 is 14.3 Å². The van der Waals surface area contributed by atoms with Crippen LogP contribution in [-0.4, -0.2) is 21.4 Å². The smallest absolute Gasteiger partial charge is 0.333 e. The lowest BCUT2D eigenvalue weighted by Gasteiger charge is -2.37. The predicted molar refractivity (Wildman–Crippen MR) is 75.7 cm³/mol. The van der Waals surface area contributed by atoms with Crippen molar-refractivity contribution in [1.82, 2.24) is 0 Å². The van der Waals surface area contributed by atoms with Crippen LogP contribution in [0.3, 0.4) is 0 Å². The molecule has 1 aliphatic carbocycles. The van der Waals surface area contributed by atoms with Gasteiger partial charge in [-0.25, -0.2) is 4.79 Å². The number of esters is 1. The molecule has 0 N–H and O–H groups in total. The number of hydrogen-bond acceptors (Lipinski definition) is 3. The second-order valence-electron chi connectivity index (χ2n) is 6.16. The van der Waals surface area contributed by atoms with Gasteiger partial charge < -0.3 is 9.16 Å². The van der Waals surface area contributed by atoms with Crippen molar-refractivity contribution in [1.29, 1.82) is 0 Å². The topological polar surface area (TPSA) is 35.5 Å². The molecule has 0 heterocycles. The van der Waals surface area contributed by atoms with Gasteiger partial charge in [0.25, 0.3) is 0 Å². The lowest BCUT2D eigenvalue weighted by molar-refractivity contribution is -0.136. The average molecular weight is 268 g/mol. The molecule has 0 unspecified atom stereocenters. The fourth-order valence-corrected chi connectivity index (χ4v) is 2.60. The van der Waals surface area contributed by atoms with Gasteiger partial charge in [0.05, 0.1) is 12.9 Å². The monoisotopic (exact) mass is 268 g/mol. The molecule has 4 heteroatoms. The summed E-state index contributed by atoms with van der Waals surface area (Å²) in [7, 11) is -0.352. The van der Waals surface area contributed by atoms with Crippen LogP contribution >= 0.6 is 0 Å². The van der Waals surface area contributed by atoms with Crippen molar-refractivity contribution in [2.75, 3.05) is 7.11 Å². The minimum absolute atomic E-state index is 0.195. The van der Waals surface area contributed by atoms with Crippen LogP contribution in [0.4, 0.5) is 0 Å². The van der Waals surface area contributed by atoms with Crippen LogP contribution < -0.4 is 0 Å². The Labute approximate surface area is 111 Å². The van der Waals surface area contributed by atoms with E-state index in [2.05, 4.69) is 33.9 Å². The van der Waals surface area contributed by atoms with E-state index in [9.17, 15) is 4.79 Å². The highest BCUT2D eigenvalue weighted by Crippen LogP contribution is 2.39. The summed E-state index contributed by atoms with van der Waals surface area (Å²) in [6.45, 7) is 11.1. The van der Waals surface area contributed by atoms with E-state index in [1.807, 2.05) is 12.2 Å². The van der Waals surface area contributed by atoms with Crippen LogP contribution in [0, 0.1) is 0 Å². The molecule has 0 bridgehead atoms. The van der Waals surface area contributed by atoms with Crippen molar-refractivity contribution < 1.29 is 14.0 Å². The average Bonchev–Trinajstić information content (AvgIpc) is 2.27. The first-order chi connectivity index (χ1) is 8.17. The first kappa shape index (κ1) is 15.0. The van der Waals surface area contributed by atoms with E-state index in [4.69, 9.17) is 9.16 Å². The molecule has 18 heavy (non-hydrogen) atoms. The largest absolute Gasteiger partial charge is 0.547 e. The normalized spacial score (nSPS) is 16.8. The summed E-state index contributed by atoms with van der Waals surface area (Å²) in [6, 6.07) is 0. The van der Waals surface area contributed by atoms with Gasteiger partial charge in [-0.2, -0.15) is 0 Å². The second-order valence-corrected chi connectivity index (χ2v) is 10.9. The van der Waals surface area contributed by atoms with Gasteiger partial charge in [-0.15, -0.1) is 0 Å². The van der Waals surface area contributed by atoms with Gasteiger partial charge >= 0.3 is 5.97 Å². The summed E-state index contributed by atoms with van der Waals surface area (Å²) in [4.78, 5) is 11.4. The molecule has 0 aromatic heterocycles. The Morgan fingerprint density at radius 1 is 1.22 bits per heavy atom. The molecule has 1 aliphatic rings. The van der Waals surface area contributed by atoms with E-state index < -0.39 is 8.32 Å². The molecule has 0 aromatic carbocycles. The molecule has 0 saturated carbocycles. The van der Waals surface area contributed by atoms with Crippen LogP contribution in [0.1, 0.15) is 33.6 Å². The highest BCUT2D eigenvalue weighted by Gasteiger charge is 2.39. The minimum Gasteiger partial charge on any atom is -0.547 e. The molecular weight excluding hydrogens is 244 g/mol. The van der Waals surface area contributed by atoms with Crippen molar-refractivity contribution in [2.24, 2.45) is 0 Å². The summed E-state index contributed by atoms with van der Waals surface area (Å²) in [5, 5.41) is 0.195. The Morgan fingerprint density at radius 2 is 1.83 bits per heavy atom. The summed E-state index contributed by atoms with van der Waals surface area (Å²) >= 11 is 0. The zero-order valence-corrected chi connectivity index (χ0v) is 13.3. The summed E-state index contributed by atoms with van der Waals surface area (Å²) in [5.74, 6) is 0.756. The number of methoxy groups -OCH3 is 1. The molecule has 0 fully saturated rings. The van der Waals surface area contributed by atoms with Crippen LogP contribution in [0.25, 0.3) is 0 Å². The van der Waals surface area contributed by atoms with Crippen LogP contribution in [0.2, 0.25) is 18.1 Å². The molecule has 0 aromatic rings. The fraction of sp³-hybridized carbons (Fsp3) is 0.643. The van der Waals surface area contributed by atoms with Crippen molar-refractivity contribution in [3.8, 4) is 0 Å². The maximum absolute atomic E-state index is 11.4. The van der Waals surface area contributed by atoms with E-state index in [1.54, 1.807) is 0 Å². The highest BCUT2D eigenvalue weighted by atomic mass is 28.4. The predicted octanol–water partition coefficient (Wildman–Crippen LogP) is 3.79. The lowest BCUT2D eigenvalue weighted by Crippen LogP contribution is -2.40. The van der Waals surface area contributed by atoms with Crippen molar-refractivity contribution in [2.45, 2.75) is 51.7 Å². The number of carbonyl (C=O) groups is 1.